The summed E-state index contributed by atoms with van der Waals surface area (Å²) in [4.78, 5) is 0. The summed E-state index contributed by atoms with van der Waals surface area (Å²) in [6.45, 7) is 9.81. The molecule has 0 bridgehead atoms. The van der Waals surface area contributed by atoms with Crippen molar-refractivity contribution in [2.24, 2.45) is 0 Å². The summed E-state index contributed by atoms with van der Waals surface area (Å²) in [6, 6.07) is 0. The fourth-order valence-corrected chi connectivity index (χ4v) is 1.85. The Morgan fingerprint density at radius 1 is 1.24 bits per heavy atom. The van der Waals surface area contributed by atoms with Gasteiger partial charge in [0.15, 0.2) is 0 Å². The Hall–Kier alpha value is -1.60. The topological polar surface area (TPSA) is 12.0 Å². The standard InChI is InChI=1S/C16H23N/c1-6-9-11-13-16(5,14-12-10-7-2)17-15(4)8-3/h1-2,8,17H,3-4,9-14H2,5H3. The zero-order valence-corrected chi connectivity index (χ0v) is 10.9. The first-order valence-corrected chi connectivity index (χ1v) is 6.04. The van der Waals surface area contributed by atoms with Crippen LogP contribution in [0.4, 0.5) is 0 Å². The van der Waals surface area contributed by atoms with Crippen LogP contribution >= 0.6 is 0 Å². The molecule has 0 saturated heterocycles. The minimum absolute atomic E-state index is 0.0129. The highest BCUT2D eigenvalue weighted by Crippen LogP contribution is 2.22. The maximum absolute atomic E-state index is 5.28. The number of allylic oxidation sites excluding steroid dienone is 1. The highest BCUT2D eigenvalue weighted by molar-refractivity contribution is 5.12. The van der Waals surface area contributed by atoms with Crippen LogP contribution in [0, 0.1) is 24.7 Å². The lowest BCUT2D eigenvalue weighted by molar-refractivity contribution is 0.326. The van der Waals surface area contributed by atoms with Crippen LogP contribution in [0.3, 0.4) is 0 Å². The molecule has 0 aliphatic heterocycles. The van der Waals surface area contributed by atoms with E-state index in [2.05, 4.69) is 37.2 Å². The second kappa shape index (κ2) is 8.54. The van der Waals surface area contributed by atoms with Gasteiger partial charge in [-0.05, 0) is 38.7 Å². The lowest BCUT2D eigenvalue weighted by Gasteiger charge is -2.32. The lowest BCUT2D eigenvalue weighted by Crippen LogP contribution is -2.41. The van der Waals surface area contributed by atoms with Gasteiger partial charge in [-0.3, -0.25) is 0 Å². The Kier molecular flexibility index (Phi) is 7.74. The molecule has 0 radical (unpaired) electrons. The fraction of sp³-hybridized carbons (Fsp3) is 0.500. The van der Waals surface area contributed by atoms with Crippen molar-refractivity contribution < 1.29 is 0 Å². The Morgan fingerprint density at radius 3 is 2.06 bits per heavy atom. The van der Waals surface area contributed by atoms with E-state index in [0.717, 1.165) is 44.2 Å². The first kappa shape index (κ1) is 15.4. The van der Waals surface area contributed by atoms with Gasteiger partial charge in [-0.25, -0.2) is 0 Å². The van der Waals surface area contributed by atoms with Crippen molar-refractivity contribution in [3.8, 4) is 24.7 Å². The monoisotopic (exact) mass is 229 g/mol. The molecule has 0 aromatic heterocycles. The molecule has 92 valence electrons. The van der Waals surface area contributed by atoms with Crippen LogP contribution in [-0.2, 0) is 0 Å². The highest BCUT2D eigenvalue weighted by atomic mass is 15.0. The van der Waals surface area contributed by atoms with E-state index in [9.17, 15) is 0 Å². The van der Waals surface area contributed by atoms with Gasteiger partial charge in [0, 0.05) is 24.1 Å². The van der Waals surface area contributed by atoms with Gasteiger partial charge in [-0.1, -0.05) is 13.2 Å². The van der Waals surface area contributed by atoms with Crippen LogP contribution in [0.15, 0.2) is 24.9 Å². The van der Waals surface area contributed by atoms with E-state index in [4.69, 9.17) is 12.8 Å². The molecular formula is C16H23N. The first-order valence-electron chi connectivity index (χ1n) is 6.04. The van der Waals surface area contributed by atoms with Gasteiger partial charge in [0.25, 0.3) is 0 Å². The van der Waals surface area contributed by atoms with Gasteiger partial charge < -0.3 is 5.32 Å². The van der Waals surface area contributed by atoms with E-state index < -0.39 is 0 Å². The molecule has 0 aliphatic carbocycles. The second-order valence-corrected chi connectivity index (χ2v) is 4.53. The molecule has 0 aliphatic rings. The van der Waals surface area contributed by atoms with E-state index in [0.29, 0.717) is 0 Å². The number of hydrogen-bond acceptors (Lipinski definition) is 1. The van der Waals surface area contributed by atoms with E-state index in [1.165, 1.54) is 0 Å². The summed E-state index contributed by atoms with van der Waals surface area (Å²) in [7, 11) is 0. The second-order valence-electron chi connectivity index (χ2n) is 4.53. The molecule has 1 nitrogen and oxygen atoms in total. The Labute approximate surface area is 106 Å². The number of nitrogens with one attached hydrogen (secondary N) is 1. The van der Waals surface area contributed by atoms with Gasteiger partial charge >= 0.3 is 0 Å². The molecule has 0 atom stereocenters. The molecule has 1 N–H and O–H groups in total. The van der Waals surface area contributed by atoms with E-state index >= 15 is 0 Å². The van der Waals surface area contributed by atoms with Crippen LogP contribution in [0.5, 0.6) is 0 Å². The van der Waals surface area contributed by atoms with E-state index in [1.54, 1.807) is 6.08 Å². The summed E-state index contributed by atoms with van der Waals surface area (Å²) >= 11 is 0. The maximum atomic E-state index is 5.28. The van der Waals surface area contributed by atoms with Crippen LogP contribution in [0.25, 0.3) is 0 Å². The van der Waals surface area contributed by atoms with Crippen LogP contribution in [0.1, 0.15) is 45.4 Å². The molecule has 0 aromatic rings. The molecule has 17 heavy (non-hydrogen) atoms. The van der Waals surface area contributed by atoms with Crippen molar-refractivity contribution in [3.63, 3.8) is 0 Å². The van der Waals surface area contributed by atoms with Gasteiger partial charge in [0.05, 0.1) is 0 Å². The molecule has 0 rings (SSSR count). The lowest BCUT2D eigenvalue weighted by atomic mass is 9.88. The van der Waals surface area contributed by atoms with Crippen molar-refractivity contribution >= 4 is 0 Å². The SMILES string of the molecule is C#CCCCC(C)(CCCC#C)NC(=C)C=C. The minimum atomic E-state index is 0.0129. The maximum Gasteiger partial charge on any atom is 0.0346 e. The van der Waals surface area contributed by atoms with Crippen molar-refractivity contribution in [3.05, 3.63) is 24.9 Å². The van der Waals surface area contributed by atoms with Crippen molar-refractivity contribution in [1.82, 2.24) is 5.32 Å². The normalized spacial score (nSPS) is 10.1. The van der Waals surface area contributed by atoms with Gasteiger partial charge in [0.2, 0.25) is 0 Å². The van der Waals surface area contributed by atoms with Crippen molar-refractivity contribution in [2.45, 2.75) is 51.0 Å². The molecule has 0 amide bonds. The fourth-order valence-electron chi connectivity index (χ4n) is 1.85. The molecule has 0 saturated carbocycles. The highest BCUT2D eigenvalue weighted by Gasteiger charge is 2.22. The largest absolute Gasteiger partial charge is 0.380 e. The number of hydrogen-bond donors (Lipinski definition) is 1. The third-order valence-electron chi connectivity index (χ3n) is 2.81. The molecule has 0 heterocycles. The van der Waals surface area contributed by atoms with E-state index in [-0.39, 0.29) is 5.54 Å². The predicted octanol–water partition coefficient (Wildman–Crippen LogP) is 3.64. The number of unbranched alkanes of at least 4 members (excludes halogenated alkanes) is 2. The van der Waals surface area contributed by atoms with Crippen molar-refractivity contribution in [2.75, 3.05) is 0 Å². The zero-order valence-electron chi connectivity index (χ0n) is 10.9. The molecular weight excluding hydrogens is 206 g/mol. The average molecular weight is 229 g/mol. The third-order valence-corrected chi connectivity index (χ3v) is 2.81. The smallest absolute Gasteiger partial charge is 0.0346 e. The van der Waals surface area contributed by atoms with E-state index in [1.807, 2.05) is 0 Å². The Balaban J connectivity index is 4.34. The zero-order chi connectivity index (χ0) is 13.1. The van der Waals surface area contributed by atoms with Gasteiger partial charge in [-0.2, -0.15) is 0 Å². The Morgan fingerprint density at radius 2 is 1.71 bits per heavy atom. The van der Waals surface area contributed by atoms with Gasteiger partial charge in [0.1, 0.15) is 0 Å². The van der Waals surface area contributed by atoms with Crippen LogP contribution in [-0.4, -0.2) is 5.54 Å². The molecule has 0 spiro atoms. The van der Waals surface area contributed by atoms with Crippen LogP contribution < -0.4 is 5.32 Å². The predicted molar refractivity (Wildman–Crippen MR) is 76.2 cm³/mol. The van der Waals surface area contributed by atoms with Crippen molar-refractivity contribution in [1.29, 1.82) is 0 Å². The summed E-state index contributed by atoms with van der Waals surface area (Å²) in [5.41, 5.74) is 0.868. The minimum Gasteiger partial charge on any atom is -0.380 e. The summed E-state index contributed by atoms with van der Waals surface area (Å²) in [5, 5.41) is 3.41. The third kappa shape index (κ3) is 7.31. The average Bonchev–Trinajstić information content (AvgIpc) is 2.29. The summed E-state index contributed by atoms with van der Waals surface area (Å²) in [5.74, 6) is 5.34. The molecule has 0 unspecified atom stereocenters. The number of rotatable bonds is 9. The first-order chi connectivity index (χ1) is 8.08. The summed E-state index contributed by atoms with van der Waals surface area (Å²) < 4.78 is 0. The quantitative estimate of drug-likeness (QED) is 0.361. The summed E-state index contributed by atoms with van der Waals surface area (Å²) in [6.07, 6.45) is 18.0. The van der Waals surface area contributed by atoms with Crippen LogP contribution in [0.2, 0.25) is 0 Å². The molecule has 0 aromatic carbocycles. The Bertz CT molecular complexity index is 304. The molecule has 0 fully saturated rings. The molecule has 1 heteroatoms. The van der Waals surface area contributed by atoms with Gasteiger partial charge in [-0.15, -0.1) is 24.7 Å². The number of terminal acetylenes is 2.